The lowest BCUT2D eigenvalue weighted by molar-refractivity contribution is -0.278. The molecule has 0 saturated carbocycles. The van der Waals surface area contributed by atoms with E-state index in [1.807, 2.05) is 0 Å². The van der Waals surface area contributed by atoms with E-state index in [4.69, 9.17) is 0 Å². The minimum Gasteiger partial charge on any atom is -0.465 e. The van der Waals surface area contributed by atoms with Gasteiger partial charge in [-0.1, -0.05) is 12.1 Å². The second-order valence-corrected chi connectivity index (χ2v) is 7.16. The van der Waals surface area contributed by atoms with Crippen LogP contribution in [0.1, 0.15) is 10.4 Å². The van der Waals surface area contributed by atoms with Crippen molar-refractivity contribution in [3.8, 4) is 11.8 Å². The van der Waals surface area contributed by atoms with Gasteiger partial charge in [-0.05, 0) is 12.1 Å². The minimum atomic E-state index is -5.38. The number of halogens is 6. The highest BCUT2D eigenvalue weighted by molar-refractivity contribution is 7.90. The van der Waals surface area contributed by atoms with E-state index in [0.29, 0.717) is 0 Å². The molecule has 0 radical (unpaired) electrons. The number of methoxy groups -OCH3 is 1. The Hall–Kier alpha value is -3.83. The number of sulfonamides is 1. The molecule has 2 amide bonds. The fraction of sp³-hybridized carbons (Fsp3) is 0.200. The van der Waals surface area contributed by atoms with Crippen LogP contribution in [0.3, 0.4) is 0 Å². The molecule has 2 aromatic rings. The summed E-state index contributed by atoms with van der Waals surface area (Å²) in [6, 6.07) is 2.77. The topological polar surface area (TPSA) is 146 Å². The second kappa shape index (κ2) is 9.35. The molecule has 0 atom stereocenters. The molecule has 0 aliphatic carbocycles. The number of alkyl halides is 6. The van der Waals surface area contributed by atoms with Crippen LogP contribution in [0.15, 0.2) is 35.2 Å². The number of hydrogen-bond acceptors (Lipinski definition) is 9. The number of esters is 1. The van der Waals surface area contributed by atoms with Gasteiger partial charge in [0.25, 0.3) is 10.0 Å². The first-order valence-corrected chi connectivity index (χ1v) is 9.49. The average Bonchev–Trinajstić information content (AvgIpc) is 2.63. The van der Waals surface area contributed by atoms with E-state index in [9.17, 15) is 44.3 Å². The number of nitrogens with one attached hydrogen (secondary N) is 2. The Morgan fingerprint density at radius 1 is 0.939 bits per heavy atom. The van der Waals surface area contributed by atoms with E-state index in [-0.39, 0.29) is 6.07 Å². The summed E-state index contributed by atoms with van der Waals surface area (Å²) >= 11 is 0. The number of anilines is 1. The quantitative estimate of drug-likeness (QED) is 0.448. The van der Waals surface area contributed by atoms with E-state index in [1.54, 1.807) is 0 Å². The van der Waals surface area contributed by atoms with E-state index in [0.717, 1.165) is 19.2 Å². The molecule has 0 saturated heterocycles. The van der Waals surface area contributed by atoms with E-state index >= 15 is 0 Å². The van der Waals surface area contributed by atoms with Gasteiger partial charge in [-0.15, -0.1) is 26.3 Å². The van der Waals surface area contributed by atoms with Crippen LogP contribution in [-0.2, 0) is 14.8 Å². The van der Waals surface area contributed by atoms with E-state index < -0.39 is 62.9 Å². The van der Waals surface area contributed by atoms with Crippen molar-refractivity contribution in [2.75, 3.05) is 12.4 Å². The fourth-order valence-corrected chi connectivity index (χ4v) is 3.19. The van der Waals surface area contributed by atoms with Crippen LogP contribution in [0, 0.1) is 0 Å². The first-order valence-electron chi connectivity index (χ1n) is 8.01. The number of carbonyl (C=O) groups is 2. The summed E-state index contributed by atoms with van der Waals surface area (Å²) in [7, 11) is -3.83. The lowest BCUT2D eigenvalue weighted by Gasteiger charge is -2.13. The minimum absolute atomic E-state index is 0.0212. The van der Waals surface area contributed by atoms with Crippen LogP contribution < -0.4 is 19.5 Å². The third kappa shape index (κ3) is 7.66. The molecule has 0 aliphatic rings. The van der Waals surface area contributed by atoms with Gasteiger partial charge in [-0.3, -0.25) is 5.32 Å². The van der Waals surface area contributed by atoms with Gasteiger partial charge in [0.15, 0.2) is 0 Å². The summed E-state index contributed by atoms with van der Waals surface area (Å²) in [6.45, 7) is 0. The van der Waals surface area contributed by atoms with Crippen molar-refractivity contribution in [2.24, 2.45) is 0 Å². The largest absolute Gasteiger partial charge is 0.574 e. The Balaban J connectivity index is 2.31. The molecule has 11 nitrogen and oxygen atoms in total. The highest BCUT2D eigenvalue weighted by Gasteiger charge is 2.35. The molecule has 0 unspecified atom stereocenters. The van der Waals surface area contributed by atoms with Crippen LogP contribution in [0.5, 0.6) is 11.8 Å². The molecular weight excluding hydrogens is 494 g/mol. The molecule has 1 aromatic carbocycles. The zero-order chi connectivity index (χ0) is 25.0. The molecule has 1 heterocycles. The SMILES string of the molecule is COC(=O)c1ccccc1S(=O)(=O)NC(=O)Nc1nc(OC(F)(F)F)cc(OC(F)(F)F)n1. The van der Waals surface area contributed by atoms with Crippen molar-refractivity contribution in [1.82, 2.24) is 14.7 Å². The lowest BCUT2D eigenvalue weighted by Crippen LogP contribution is -2.35. The molecule has 0 aliphatic heterocycles. The average molecular weight is 504 g/mol. The number of carbonyl (C=O) groups excluding carboxylic acids is 2. The fourth-order valence-electron chi connectivity index (χ4n) is 2.09. The maximum absolute atomic E-state index is 12.4. The molecule has 33 heavy (non-hydrogen) atoms. The first kappa shape index (κ1) is 25.4. The van der Waals surface area contributed by atoms with Crippen LogP contribution in [0.2, 0.25) is 0 Å². The maximum atomic E-state index is 12.4. The smallest absolute Gasteiger partial charge is 0.465 e. The highest BCUT2D eigenvalue weighted by Crippen LogP contribution is 2.28. The van der Waals surface area contributed by atoms with Crippen molar-refractivity contribution in [3.63, 3.8) is 0 Å². The van der Waals surface area contributed by atoms with Gasteiger partial charge in [0.1, 0.15) is 4.90 Å². The lowest BCUT2D eigenvalue weighted by atomic mass is 10.2. The van der Waals surface area contributed by atoms with Crippen molar-refractivity contribution >= 4 is 28.0 Å². The number of benzene rings is 1. The van der Waals surface area contributed by atoms with E-state index in [2.05, 4.69) is 24.2 Å². The third-order valence-electron chi connectivity index (χ3n) is 3.15. The maximum Gasteiger partial charge on any atom is 0.574 e. The normalized spacial score (nSPS) is 12.0. The molecule has 0 spiro atoms. The standard InChI is InChI=1S/C15H10F6N4O7S/c1-30-11(26)7-4-2-3-5-8(7)33(28,29)25-13(27)24-12-22-9(31-14(16,17)18)6-10(23-12)32-15(19,20)21/h2-6H,1H3,(H2,22,23,24,25,27). The number of urea groups is 1. The summed E-state index contributed by atoms with van der Waals surface area (Å²) in [4.78, 5) is 29.0. The Morgan fingerprint density at radius 2 is 1.45 bits per heavy atom. The Kier molecular flexibility index (Phi) is 7.20. The molecule has 0 fully saturated rings. The summed E-state index contributed by atoms with van der Waals surface area (Å²) in [6.07, 6.45) is -10.8. The van der Waals surface area contributed by atoms with Gasteiger partial charge >= 0.3 is 24.7 Å². The second-order valence-electron chi connectivity index (χ2n) is 5.51. The highest BCUT2D eigenvalue weighted by atomic mass is 32.2. The molecule has 2 rings (SSSR count). The summed E-state index contributed by atoms with van der Waals surface area (Å²) < 4.78 is 112. The Labute approximate surface area is 179 Å². The summed E-state index contributed by atoms with van der Waals surface area (Å²) in [5.41, 5.74) is -0.474. The van der Waals surface area contributed by atoms with Gasteiger partial charge in [0.2, 0.25) is 17.7 Å². The third-order valence-corrected chi connectivity index (χ3v) is 4.54. The molecule has 1 aromatic heterocycles. The molecule has 0 bridgehead atoms. The predicted molar refractivity (Wildman–Crippen MR) is 92.5 cm³/mol. The number of rotatable bonds is 6. The molecule has 2 N–H and O–H groups in total. The van der Waals surface area contributed by atoms with Crippen LogP contribution in [0.25, 0.3) is 0 Å². The first-order chi connectivity index (χ1) is 15.1. The summed E-state index contributed by atoms with van der Waals surface area (Å²) in [5.74, 6) is -5.34. The van der Waals surface area contributed by atoms with Crippen molar-refractivity contribution in [2.45, 2.75) is 17.6 Å². The van der Waals surface area contributed by atoms with Gasteiger partial charge in [-0.2, -0.15) is 9.97 Å². The van der Waals surface area contributed by atoms with Crippen LogP contribution >= 0.6 is 0 Å². The number of amides is 2. The van der Waals surface area contributed by atoms with Crippen molar-refractivity contribution in [1.29, 1.82) is 0 Å². The summed E-state index contributed by atoms with van der Waals surface area (Å²) in [5, 5.41) is 1.52. The number of hydrogen-bond donors (Lipinski definition) is 2. The zero-order valence-corrected chi connectivity index (χ0v) is 16.6. The van der Waals surface area contributed by atoms with Gasteiger partial charge < -0.3 is 14.2 Å². The molecule has 180 valence electrons. The molecular formula is C15H10F6N4O7S. The number of nitrogens with zero attached hydrogens (tertiary/aromatic N) is 2. The van der Waals surface area contributed by atoms with Crippen molar-refractivity contribution < 1.29 is 58.6 Å². The Bertz CT molecular complexity index is 1120. The zero-order valence-electron chi connectivity index (χ0n) is 15.8. The van der Waals surface area contributed by atoms with Gasteiger partial charge in [-0.25, -0.2) is 22.7 Å². The predicted octanol–water partition coefficient (Wildman–Crippen LogP) is 2.57. The van der Waals surface area contributed by atoms with Gasteiger partial charge in [0.05, 0.1) is 18.7 Å². The number of ether oxygens (including phenoxy) is 3. The van der Waals surface area contributed by atoms with Crippen LogP contribution in [0.4, 0.5) is 37.1 Å². The number of aromatic nitrogens is 2. The van der Waals surface area contributed by atoms with Crippen molar-refractivity contribution in [3.05, 3.63) is 35.9 Å². The van der Waals surface area contributed by atoms with Gasteiger partial charge in [0, 0.05) is 0 Å². The van der Waals surface area contributed by atoms with Crippen LogP contribution in [-0.4, -0.2) is 50.2 Å². The molecule has 18 heteroatoms. The Morgan fingerprint density at radius 3 is 1.94 bits per heavy atom. The monoisotopic (exact) mass is 504 g/mol. The van der Waals surface area contributed by atoms with E-state index in [1.165, 1.54) is 22.2 Å².